The third kappa shape index (κ3) is 3.09. The van der Waals surface area contributed by atoms with E-state index < -0.39 is 0 Å². The zero-order valence-corrected chi connectivity index (χ0v) is 14.1. The highest BCUT2D eigenvalue weighted by Crippen LogP contribution is 2.28. The maximum absolute atomic E-state index is 12.5. The number of H-pyrrole nitrogens is 1. The summed E-state index contributed by atoms with van der Waals surface area (Å²) < 4.78 is 0.887. The Balaban J connectivity index is 1.58. The first-order valence-corrected chi connectivity index (χ1v) is 8.47. The fourth-order valence-corrected chi connectivity index (χ4v) is 3.55. The molecule has 0 aliphatic rings. The third-order valence-corrected chi connectivity index (χ3v) is 4.64. The monoisotopic (exact) mass is 350 g/mol. The van der Waals surface area contributed by atoms with E-state index in [4.69, 9.17) is 0 Å². The normalized spacial score (nSPS) is 10.9. The molecule has 25 heavy (non-hydrogen) atoms. The van der Waals surface area contributed by atoms with Crippen LogP contribution in [0.1, 0.15) is 17.4 Å². The van der Waals surface area contributed by atoms with Gasteiger partial charge in [-0.1, -0.05) is 29.5 Å². The maximum Gasteiger partial charge on any atom is 0.272 e. The second-order valence-electron chi connectivity index (χ2n) is 5.61. The lowest BCUT2D eigenvalue weighted by Crippen LogP contribution is -2.11. The van der Waals surface area contributed by atoms with E-state index >= 15 is 0 Å². The van der Waals surface area contributed by atoms with Gasteiger partial charge in [-0.2, -0.15) is 0 Å². The first kappa shape index (κ1) is 15.3. The summed E-state index contributed by atoms with van der Waals surface area (Å²) in [6.45, 7) is 1.44. The van der Waals surface area contributed by atoms with Crippen molar-refractivity contribution >= 4 is 55.1 Å². The van der Waals surface area contributed by atoms with Crippen LogP contribution in [-0.4, -0.2) is 21.8 Å². The molecular formula is C18H14N4O2S. The number of anilines is 2. The number of nitrogens with one attached hydrogen (secondary N) is 3. The molecule has 2 aromatic heterocycles. The second kappa shape index (κ2) is 6.03. The number of para-hydroxylation sites is 1. The summed E-state index contributed by atoms with van der Waals surface area (Å²) in [4.78, 5) is 31.0. The molecule has 2 amide bonds. The summed E-state index contributed by atoms with van der Waals surface area (Å²) >= 11 is 1.36. The fraction of sp³-hybridized carbons (Fsp3) is 0.0556. The molecular weight excluding hydrogens is 336 g/mol. The highest BCUT2D eigenvalue weighted by molar-refractivity contribution is 7.22. The van der Waals surface area contributed by atoms with Crippen molar-refractivity contribution in [3.63, 3.8) is 0 Å². The Morgan fingerprint density at radius 2 is 1.92 bits per heavy atom. The Hall–Kier alpha value is -3.19. The molecule has 4 aromatic rings. The molecule has 0 radical (unpaired) electrons. The van der Waals surface area contributed by atoms with E-state index in [0.717, 1.165) is 21.1 Å². The molecule has 0 aliphatic carbocycles. The second-order valence-corrected chi connectivity index (χ2v) is 6.64. The molecule has 0 aliphatic heterocycles. The first-order chi connectivity index (χ1) is 12.1. The van der Waals surface area contributed by atoms with Crippen LogP contribution in [0.5, 0.6) is 0 Å². The summed E-state index contributed by atoms with van der Waals surface area (Å²) in [7, 11) is 0. The van der Waals surface area contributed by atoms with E-state index in [1.807, 2.05) is 42.5 Å². The first-order valence-electron chi connectivity index (χ1n) is 7.66. The van der Waals surface area contributed by atoms with Crippen LogP contribution in [0.25, 0.3) is 21.1 Å². The number of hydrogen-bond donors (Lipinski definition) is 3. The van der Waals surface area contributed by atoms with Crippen molar-refractivity contribution in [2.75, 3.05) is 10.6 Å². The van der Waals surface area contributed by atoms with Crippen LogP contribution in [-0.2, 0) is 4.79 Å². The smallest absolute Gasteiger partial charge is 0.272 e. The van der Waals surface area contributed by atoms with Gasteiger partial charge in [-0.15, -0.1) is 0 Å². The van der Waals surface area contributed by atoms with Gasteiger partial charge in [0.05, 0.1) is 10.2 Å². The average Bonchev–Trinajstić information content (AvgIpc) is 3.16. The standard InChI is InChI=1S/C18H14N4O2S/c1-10(23)19-18-22-14-7-6-12(9-16(14)25-18)20-17(24)15-8-11-4-2-3-5-13(11)21-15/h2-9,21H,1H3,(H,20,24)(H,19,22,23). The molecule has 0 bridgehead atoms. The van der Waals surface area contributed by atoms with Crippen molar-refractivity contribution in [2.45, 2.75) is 6.92 Å². The molecule has 0 fully saturated rings. The molecule has 6 nitrogen and oxygen atoms in total. The van der Waals surface area contributed by atoms with Gasteiger partial charge in [0.2, 0.25) is 5.91 Å². The van der Waals surface area contributed by atoms with Crippen LogP contribution in [0.3, 0.4) is 0 Å². The van der Waals surface area contributed by atoms with Crippen LogP contribution in [0, 0.1) is 0 Å². The van der Waals surface area contributed by atoms with Gasteiger partial charge < -0.3 is 15.6 Å². The number of carbonyl (C=O) groups excluding carboxylic acids is 2. The molecule has 0 spiro atoms. The number of amides is 2. The quantitative estimate of drug-likeness (QED) is 0.522. The summed E-state index contributed by atoms with van der Waals surface area (Å²) in [5.74, 6) is -0.367. The molecule has 0 saturated carbocycles. The molecule has 0 saturated heterocycles. The van der Waals surface area contributed by atoms with E-state index in [2.05, 4.69) is 20.6 Å². The number of rotatable bonds is 3. The molecule has 4 rings (SSSR count). The van der Waals surface area contributed by atoms with Gasteiger partial charge in [-0.3, -0.25) is 9.59 Å². The largest absolute Gasteiger partial charge is 0.351 e. The number of aromatic nitrogens is 2. The van der Waals surface area contributed by atoms with Gasteiger partial charge in [-0.05, 0) is 30.3 Å². The minimum Gasteiger partial charge on any atom is -0.351 e. The molecule has 3 N–H and O–H groups in total. The fourth-order valence-electron chi connectivity index (χ4n) is 2.60. The van der Waals surface area contributed by atoms with Gasteiger partial charge in [-0.25, -0.2) is 4.98 Å². The van der Waals surface area contributed by atoms with Gasteiger partial charge in [0, 0.05) is 23.5 Å². The Morgan fingerprint density at radius 1 is 1.08 bits per heavy atom. The summed E-state index contributed by atoms with van der Waals surface area (Å²) in [6, 6.07) is 15.0. The number of carbonyl (C=O) groups is 2. The lowest BCUT2D eigenvalue weighted by Gasteiger charge is -2.03. The zero-order valence-electron chi connectivity index (χ0n) is 13.3. The molecule has 7 heteroatoms. The Morgan fingerprint density at radius 3 is 2.72 bits per heavy atom. The van der Waals surface area contributed by atoms with Crippen molar-refractivity contribution in [3.05, 3.63) is 54.2 Å². The third-order valence-electron chi connectivity index (χ3n) is 3.70. The van der Waals surface area contributed by atoms with Crippen LogP contribution in [0.4, 0.5) is 10.8 Å². The van der Waals surface area contributed by atoms with Crippen molar-refractivity contribution in [1.82, 2.24) is 9.97 Å². The van der Waals surface area contributed by atoms with E-state index in [1.54, 1.807) is 6.07 Å². The number of hydrogen-bond acceptors (Lipinski definition) is 4. The van der Waals surface area contributed by atoms with Gasteiger partial charge in [0.15, 0.2) is 5.13 Å². The van der Waals surface area contributed by atoms with E-state index in [9.17, 15) is 9.59 Å². The van der Waals surface area contributed by atoms with Crippen molar-refractivity contribution in [1.29, 1.82) is 0 Å². The van der Waals surface area contributed by atoms with Crippen molar-refractivity contribution < 1.29 is 9.59 Å². The Kier molecular flexibility index (Phi) is 3.70. The Labute approximate surface area is 146 Å². The zero-order chi connectivity index (χ0) is 17.4. The molecule has 2 aromatic carbocycles. The highest BCUT2D eigenvalue weighted by atomic mass is 32.1. The summed E-state index contributed by atoms with van der Waals surface area (Å²) in [6.07, 6.45) is 0. The lowest BCUT2D eigenvalue weighted by molar-refractivity contribution is -0.114. The van der Waals surface area contributed by atoms with E-state index in [1.165, 1.54) is 18.3 Å². The molecule has 0 atom stereocenters. The predicted molar refractivity (Wildman–Crippen MR) is 100 cm³/mol. The Bertz CT molecular complexity index is 1080. The molecule has 124 valence electrons. The summed E-state index contributed by atoms with van der Waals surface area (Å²) in [5.41, 5.74) is 2.88. The highest BCUT2D eigenvalue weighted by Gasteiger charge is 2.11. The van der Waals surface area contributed by atoms with Crippen LogP contribution < -0.4 is 10.6 Å². The van der Waals surface area contributed by atoms with E-state index in [0.29, 0.717) is 16.5 Å². The number of nitrogens with zero attached hydrogens (tertiary/aromatic N) is 1. The maximum atomic E-state index is 12.5. The SMILES string of the molecule is CC(=O)Nc1nc2ccc(NC(=O)c3cc4ccccc4[nH]3)cc2s1. The van der Waals surface area contributed by atoms with Crippen molar-refractivity contribution in [2.24, 2.45) is 0 Å². The predicted octanol–water partition coefficient (Wildman–Crippen LogP) is 3.99. The number of benzene rings is 2. The van der Waals surface area contributed by atoms with Crippen LogP contribution in [0.15, 0.2) is 48.5 Å². The number of fused-ring (bicyclic) bond motifs is 2. The molecule has 2 heterocycles. The van der Waals surface area contributed by atoms with Gasteiger partial charge in [0.25, 0.3) is 5.91 Å². The topological polar surface area (TPSA) is 86.9 Å². The average molecular weight is 350 g/mol. The van der Waals surface area contributed by atoms with Crippen LogP contribution in [0.2, 0.25) is 0 Å². The minimum atomic E-state index is -0.206. The van der Waals surface area contributed by atoms with Gasteiger partial charge in [0.1, 0.15) is 5.69 Å². The minimum absolute atomic E-state index is 0.161. The number of aromatic amines is 1. The van der Waals surface area contributed by atoms with Crippen molar-refractivity contribution in [3.8, 4) is 0 Å². The number of thiazole rings is 1. The van der Waals surface area contributed by atoms with E-state index in [-0.39, 0.29) is 11.8 Å². The van der Waals surface area contributed by atoms with Gasteiger partial charge >= 0.3 is 0 Å². The lowest BCUT2D eigenvalue weighted by atomic mass is 10.2. The summed E-state index contributed by atoms with van der Waals surface area (Å²) in [5, 5.41) is 7.09. The molecule has 0 unspecified atom stereocenters. The van der Waals surface area contributed by atoms with Crippen LogP contribution >= 0.6 is 11.3 Å².